The van der Waals surface area contributed by atoms with Crippen molar-refractivity contribution < 1.29 is 4.79 Å². The van der Waals surface area contributed by atoms with Crippen LogP contribution in [0.15, 0.2) is 0 Å². The van der Waals surface area contributed by atoms with Gasteiger partial charge in [0, 0.05) is 13.1 Å². The lowest BCUT2D eigenvalue weighted by molar-refractivity contribution is -0.191. The van der Waals surface area contributed by atoms with E-state index in [2.05, 4.69) is 45.1 Å². The van der Waals surface area contributed by atoms with Gasteiger partial charge in [-0.25, -0.2) is 0 Å². The van der Waals surface area contributed by atoms with E-state index in [0.29, 0.717) is 22.2 Å². The fourth-order valence-corrected chi connectivity index (χ4v) is 7.11. The van der Waals surface area contributed by atoms with Crippen molar-refractivity contribution >= 4 is 18.3 Å². The van der Waals surface area contributed by atoms with Crippen LogP contribution in [0, 0.1) is 21.7 Å². The van der Waals surface area contributed by atoms with Crippen LogP contribution in [0.2, 0.25) is 0 Å². The molecule has 0 unspecified atom stereocenters. The topological polar surface area (TPSA) is 32.3 Å². The van der Waals surface area contributed by atoms with Crippen molar-refractivity contribution in [2.24, 2.45) is 21.7 Å². The van der Waals surface area contributed by atoms with Gasteiger partial charge >= 0.3 is 0 Å². The summed E-state index contributed by atoms with van der Waals surface area (Å²) in [6.07, 6.45) is 7.30. The van der Waals surface area contributed by atoms with Crippen LogP contribution in [0.1, 0.15) is 59.3 Å². The molecule has 4 aliphatic carbocycles. The number of carbonyl (C=O) groups is 1. The molecule has 0 aliphatic heterocycles. The highest BCUT2D eigenvalue weighted by Gasteiger charge is 2.66. The largest absolute Gasteiger partial charge is 0.354 e. The van der Waals surface area contributed by atoms with E-state index in [9.17, 15) is 4.79 Å². The lowest BCUT2D eigenvalue weighted by atomic mass is 9.36. The van der Waals surface area contributed by atoms with Gasteiger partial charge in [-0.1, -0.05) is 20.8 Å². The summed E-state index contributed by atoms with van der Waals surface area (Å²) in [6, 6.07) is 0. The molecule has 0 spiro atoms. The molecule has 1 amide bonds. The number of hydrogen-bond donors (Lipinski definition) is 1. The maximum atomic E-state index is 13.0. The van der Waals surface area contributed by atoms with Crippen molar-refractivity contribution in [1.29, 1.82) is 0 Å². The van der Waals surface area contributed by atoms with Crippen LogP contribution < -0.4 is 5.32 Å². The van der Waals surface area contributed by atoms with Crippen molar-refractivity contribution in [2.75, 3.05) is 27.2 Å². The molecule has 4 bridgehead atoms. The third-order valence-electron chi connectivity index (χ3n) is 6.18. The Morgan fingerprint density at radius 3 is 1.68 bits per heavy atom. The fourth-order valence-electron chi connectivity index (χ4n) is 7.11. The van der Waals surface area contributed by atoms with Crippen LogP contribution >= 0.6 is 12.4 Å². The molecule has 0 radical (unpaired) electrons. The van der Waals surface area contributed by atoms with Gasteiger partial charge in [0.05, 0.1) is 5.41 Å². The summed E-state index contributed by atoms with van der Waals surface area (Å²) in [7, 11) is 4.11. The monoisotopic (exact) mass is 328 g/mol. The summed E-state index contributed by atoms with van der Waals surface area (Å²) in [5, 5.41) is 3.24. The number of rotatable bonds is 4. The van der Waals surface area contributed by atoms with Crippen LogP contribution in [0.5, 0.6) is 0 Å². The molecule has 0 atom stereocenters. The maximum absolute atomic E-state index is 13.0. The minimum Gasteiger partial charge on any atom is -0.354 e. The SMILES string of the molecule is CN(C)CCNC(=O)C12CC3(C)CC(C)(CC(C)(C3)C1)C2.Cl. The van der Waals surface area contributed by atoms with Gasteiger partial charge in [0.25, 0.3) is 0 Å². The van der Waals surface area contributed by atoms with Crippen LogP contribution in [0.3, 0.4) is 0 Å². The summed E-state index contributed by atoms with van der Waals surface area (Å²) in [4.78, 5) is 15.1. The molecule has 3 nitrogen and oxygen atoms in total. The van der Waals surface area contributed by atoms with E-state index < -0.39 is 0 Å². The fraction of sp³-hybridized carbons (Fsp3) is 0.944. The lowest BCUT2D eigenvalue weighted by Gasteiger charge is -2.68. The predicted octanol–water partition coefficient (Wildman–Crippen LogP) is 3.47. The highest BCUT2D eigenvalue weighted by molar-refractivity contribution is 5.85. The molecule has 0 aromatic heterocycles. The average Bonchev–Trinajstić information content (AvgIpc) is 2.21. The summed E-state index contributed by atoms with van der Waals surface area (Å²) in [5.74, 6) is 0.340. The van der Waals surface area contributed by atoms with Gasteiger partial charge in [-0.05, 0) is 68.9 Å². The summed E-state index contributed by atoms with van der Waals surface area (Å²) >= 11 is 0. The van der Waals surface area contributed by atoms with E-state index in [1.807, 2.05) is 0 Å². The van der Waals surface area contributed by atoms with E-state index >= 15 is 0 Å². The van der Waals surface area contributed by atoms with Gasteiger partial charge < -0.3 is 10.2 Å². The highest BCUT2D eigenvalue weighted by atomic mass is 35.5. The molecular weight excluding hydrogens is 296 g/mol. The number of nitrogens with zero attached hydrogens (tertiary/aromatic N) is 1. The molecule has 0 aromatic rings. The Hall–Kier alpha value is -0.280. The second kappa shape index (κ2) is 5.37. The van der Waals surface area contributed by atoms with Crippen molar-refractivity contribution in [3.05, 3.63) is 0 Å². The number of likely N-dealkylation sites (N-methyl/N-ethyl adjacent to an activating group) is 1. The number of halogens is 1. The lowest BCUT2D eigenvalue weighted by Crippen LogP contribution is -2.63. The third-order valence-corrected chi connectivity index (χ3v) is 6.18. The predicted molar refractivity (Wildman–Crippen MR) is 93.3 cm³/mol. The molecule has 1 N–H and O–H groups in total. The Balaban J connectivity index is 0.00000176. The van der Waals surface area contributed by atoms with Gasteiger partial charge in [0.15, 0.2) is 0 Å². The summed E-state index contributed by atoms with van der Waals surface area (Å²) in [6.45, 7) is 9.00. The molecule has 0 aromatic carbocycles. The van der Waals surface area contributed by atoms with Gasteiger partial charge in [-0.2, -0.15) is 0 Å². The highest BCUT2D eigenvalue weighted by Crippen LogP contribution is 2.73. The first-order valence-corrected chi connectivity index (χ1v) is 8.51. The van der Waals surface area contributed by atoms with Gasteiger partial charge in [0.2, 0.25) is 5.91 Å². The molecule has 4 aliphatic rings. The van der Waals surface area contributed by atoms with E-state index in [1.165, 1.54) is 19.3 Å². The first-order chi connectivity index (χ1) is 9.58. The normalized spacial score (nSPS) is 45.7. The molecule has 22 heavy (non-hydrogen) atoms. The Kier molecular flexibility index (Phi) is 4.41. The molecule has 4 fully saturated rings. The smallest absolute Gasteiger partial charge is 0.226 e. The van der Waals surface area contributed by atoms with E-state index in [1.54, 1.807) is 0 Å². The minimum absolute atomic E-state index is 0. The molecule has 4 heteroatoms. The van der Waals surface area contributed by atoms with Crippen molar-refractivity contribution in [2.45, 2.75) is 59.3 Å². The quantitative estimate of drug-likeness (QED) is 0.857. The molecule has 0 saturated heterocycles. The van der Waals surface area contributed by atoms with E-state index in [4.69, 9.17) is 0 Å². The zero-order valence-electron chi connectivity index (χ0n) is 14.9. The Morgan fingerprint density at radius 1 is 0.909 bits per heavy atom. The molecular formula is C18H33ClN2O. The van der Waals surface area contributed by atoms with Gasteiger partial charge in [-0.15, -0.1) is 12.4 Å². The van der Waals surface area contributed by atoms with Crippen molar-refractivity contribution in [1.82, 2.24) is 10.2 Å². The number of amides is 1. The Bertz CT molecular complexity index is 408. The standard InChI is InChI=1S/C18H32N2O.ClH/c1-15-8-16(2)10-17(3,9-15)13-18(11-15,12-16)14(21)19-6-7-20(4)5;/h6-13H2,1-5H3,(H,19,21);1H. The van der Waals surface area contributed by atoms with Crippen LogP contribution in [-0.2, 0) is 4.79 Å². The maximum Gasteiger partial charge on any atom is 0.226 e. The van der Waals surface area contributed by atoms with Gasteiger partial charge in [-0.3, -0.25) is 4.79 Å². The second-order valence-electron chi connectivity index (χ2n) is 9.83. The van der Waals surface area contributed by atoms with Crippen molar-refractivity contribution in [3.63, 3.8) is 0 Å². The van der Waals surface area contributed by atoms with Crippen LogP contribution in [0.4, 0.5) is 0 Å². The Morgan fingerprint density at radius 2 is 1.32 bits per heavy atom. The summed E-state index contributed by atoms with van der Waals surface area (Å²) in [5.41, 5.74) is 1.07. The molecule has 0 heterocycles. The van der Waals surface area contributed by atoms with Gasteiger partial charge in [0.1, 0.15) is 0 Å². The Labute approximate surface area is 142 Å². The first kappa shape index (κ1) is 18.1. The molecule has 4 saturated carbocycles. The van der Waals surface area contributed by atoms with E-state index in [0.717, 1.165) is 32.4 Å². The van der Waals surface area contributed by atoms with E-state index in [-0.39, 0.29) is 17.8 Å². The first-order valence-electron chi connectivity index (χ1n) is 8.51. The average molecular weight is 329 g/mol. The molecule has 128 valence electrons. The minimum atomic E-state index is -0.0840. The third kappa shape index (κ3) is 3.03. The number of hydrogen-bond acceptors (Lipinski definition) is 2. The number of carbonyl (C=O) groups excluding carboxylic acids is 1. The van der Waals surface area contributed by atoms with Crippen LogP contribution in [0.25, 0.3) is 0 Å². The number of nitrogens with one attached hydrogen (secondary N) is 1. The van der Waals surface area contributed by atoms with Crippen molar-refractivity contribution in [3.8, 4) is 0 Å². The zero-order chi connectivity index (χ0) is 15.5. The zero-order valence-corrected chi connectivity index (χ0v) is 15.7. The van der Waals surface area contributed by atoms with Crippen LogP contribution in [-0.4, -0.2) is 38.0 Å². The second-order valence-corrected chi connectivity index (χ2v) is 9.83. The molecule has 4 rings (SSSR count). The summed E-state index contributed by atoms with van der Waals surface area (Å²) < 4.78 is 0.